The molecule has 2 aromatic rings. The number of rotatable bonds is 4. The number of hydrogen-bond donors (Lipinski definition) is 0. The van der Waals surface area contributed by atoms with Crippen LogP contribution in [0, 0.1) is 5.92 Å². The first-order valence-electron chi connectivity index (χ1n) is 9.94. The van der Waals surface area contributed by atoms with Gasteiger partial charge in [-0.3, -0.25) is 9.80 Å². The quantitative estimate of drug-likeness (QED) is 0.844. The standard InChI is InChI=1S/C22H28N2O2/c1-25-22-9-8-17(19-4-2-3-5-20(19)22)12-23-10-11-24-18(13-23)14-26-15-21(24)16-6-7-16/h2-5,8-9,16,18,21H,6-7,10-15H2,1H3/t18-,21-/m1/s1. The molecule has 0 N–H and O–H groups in total. The number of morpholine rings is 1. The first-order valence-corrected chi connectivity index (χ1v) is 9.94. The highest BCUT2D eigenvalue weighted by Gasteiger charge is 2.42. The number of methoxy groups -OCH3 is 1. The molecule has 26 heavy (non-hydrogen) atoms. The molecule has 4 heteroatoms. The van der Waals surface area contributed by atoms with Crippen molar-refractivity contribution in [1.29, 1.82) is 0 Å². The van der Waals surface area contributed by atoms with E-state index in [9.17, 15) is 0 Å². The average Bonchev–Trinajstić information content (AvgIpc) is 3.53. The number of ether oxygens (including phenoxy) is 2. The van der Waals surface area contributed by atoms with Crippen LogP contribution in [0.25, 0.3) is 10.8 Å². The maximum Gasteiger partial charge on any atom is 0.126 e. The molecule has 2 atom stereocenters. The molecular weight excluding hydrogens is 324 g/mol. The van der Waals surface area contributed by atoms with E-state index in [1.165, 1.54) is 35.7 Å². The van der Waals surface area contributed by atoms with E-state index >= 15 is 0 Å². The molecule has 1 aliphatic carbocycles. The fourth-order valence-corrected chi connectivity index (χ4v) is 4.86. The Balaban J connectivity index is 1.34. The van der Waals surface area contributed by atoms with Crippen molar-refractivity contribution < 1.29 is 9.47 Å². The second kappa shape index (κ2) is 6.84. The van der Waals surface area contributed by atoms with Crippen LogP contribution in [0.5, 0.6) is 5.75 Å². The number of piperazine rings is 1. The Morgan fingerprint density at radius 3 is 2.69 bits per heavy atom. The van der Waals surface area contributed by atoms with Crippen LogP contribution >= 0.6 is 0 Å². The van der Waals surface area contributed by atoms with Crippen molar-refractivity contribution in [2.45, 2.75) is 31.5 Å². The summed E-state index contributed by atoms with van der Waals surface area (Å²) >= 11 is 0. The van der Waals surface area contributed by atoms with Gasteiger partial charge in [0.25, 0.3) is 0 Å². The van der Waals surface area contributed by atoms with Crippen LogP contribution in [-0.2, 0) is 11.3 Å². The fourth-order valence-electron chi connectivity index (χ4n) is 4.86. The smallest absolute Gasteiger partial charge is 0.126 e. The zero-order valence-corrected chi connectivity index (χ0v) is 15.6. The minimum Gasteiger partial charge on any atom is -0.496 e. The molecule has 0 bridgehead atoms. The lowest BCUT2D eigenvalue weighted by Crippen LogP contribution is -2.62. The van der Waals surface area contributed by atoms with Gasteiger partial charge >= 0.3 is 0 Å². The Morgan fingerprint density at radius 2 is 1.88 bits per heavy atom. The maximum absolute atomic E-state index is 5.97. The Morgan fingerprint density at radius 1 is 1.04 bits per heavy atom. The van der Waals surface area contributed by atoms with E-state index in [0.717, 1.165) is 44.5 Å². The summed E-state index contributed by atoms with van der Waals surface area (Å²) in [6, 6.07) is 14.2. The normalized spacial score (nSPS) is 27.4. The van der Waals surface area contributed by atoms with E-state index in [1.54, 1.807) is 7.11 Å². The minimum absolute atomic E-state index is 0.563. The first-order chi connectivity index (χ1) is 12.8. The molecular formula is C22H28N2O2. The van der Waals surface area contributed by atoms with Crippen molar-refractivity contribution in [2.75, 3.05) is 40.0 Å². The molecule has 0 aromatic heterocycles. The van der Waals surface area contributed by atoms with E-state index < -0.39 is 0 Å². The predicted molar refractivity (Wildman–Crippen MR) is 104 cm³/mol. The van der Waals surface area contributed by atoms with Crippen LogP contribution in [0.4, 0.5) is 0 Å². The van der Waals surface area contributed by atoms with Crippen LogP contribution in [-0.4, -0.2) is 61.8 Å². The van der Waals surface area contributed by atoms with Crippen molar-refractivity contribution in [3.8, 4) is 5.75 Å². The van der Waals surface area contributed by atoms with E-state index in [4.69, 9.17) is 9.47 Å². The number of benzene rings is 2. The summed E-state index contributed by atoms with van der Waals surface area (Å²) in [7, 11) is 1.75. The minimum atomic E-state index is 0.563. The van der Waals surface area contributed by atoms with Crippen molar-refractivity contribution in [1.82, 2.24) is 9.80 Å². The molecule has 0 unspecified atom stereocenters. The van der Waals surface area contributed by atoms with Crippen LogP contribution in [0.15, 0.2) is 36.4 Å². The third-order valence-corrected chi connectivity index (χ3v) is 6.39. The second-order valence-electron chi connectivity index (χ2n) is 8.04. The fraction of sp³-hybridized carbons (Fsp3) is 0.545. The molecule has 2 heterocycles. The van der Waals surface area contributed by atoms with Gasteiger partial charge in [0.1, 0.15) is 5.75 Å². The van der Waals surface area contributed by atoms with Crippen LogP contribution < -0.4 is 4.74 Å². The van der Waals surface area contributed by atoms with Gasteiger partial charge in [0.2, 0.25) is 0 Å². The molecule has 138 valence electrons. The summed E-state index contributed by atoms with van der Waals surface area (Å²) in [5.41, 5.74) is 1.39. The molecule has 3 aliphatic rings. The number of nitrogens with zero attached hydrogens (tertiary/aromatic N) is 2. The average molecular weight is 352 g/mol. The topological polar surface area (TPSA) is 24.9 Å². The summed E-state index contributed by atoms with van der Waals surface area (Å²) in [5.74, 6) is 1.86. The molecule has 5 rings (SSSR count). The number of hydrogen-bond acceptors (Lipinski definition) is 4. The molecule has 3 fully saturated rings. The van der Waals surface area contributed by atoms with Gasteiger partial charge in [-0.15, -0.1) is 0 Å². The lowest BCUT2D eigenvalue weighted by Gasteiger charge is -2.48. The van der Waals surface area contributed by atoms with Gasteiger partial charge in [0, 0.05) is 43.6 Å². The first kappa shape index (κ1) is 16.5. The van der Waals surface area contributed by atoms with Crippen molar-refractivity contribution in [2.24, 2.45) is 5.92 Å². The summed E-state index contributed by atoms with van der Waals surface area (Å²) in [6.07, 6.45) is 2.80. The van der Waals surface area contributed by atoms with E-state index in [1.807, 2.05) is 0 Å². The Bertz CT molecular complexity index is 789. The Labute approximate surface area is 155 Å². The number of fused-ring (bicyclic) bond motifs is 2. The third kappa shape index (κ3) is 3.00. The maximum atomic E-state index is 5.97. The summed E-state index contributed by atoms with van der Waals surface area (Å²) in [5, 5.41) is 2.52. The van der Waals surface area contributed by atoms with E-state index in [0.29, 0.717) is 12.1 Å². The predicted octanol–water partition coefficient (Wildman–Crippen LogP) is 3.14. The van der Waals surface area contributed by atoms with Gasteiger partial charge in [-0.25, -0.2) is 0 Å². The molecule has 0 spiro atoms. The van der Waals surface area contributed by atoms with Crippen molar-refractivity contribution >= 4 is 10.8 Å². The summed E-state index contributed by atoms with van der Waals surface area (Å²) in [6.45, 7) is 6.29. The molecule has 4 nitrogen and oxygen atoms in total. The third-order valence-electron chi connectivity index (χ3n) is 6.39. The molecule has 2 aromatic carbocycles. The lowest BCUT2D eigenvalue weighted by atomic mass is 10.0. The zero-order chi connectivity index (χ0) is 17.5. The van der Waals surface area contributed by atoms with Crippen LogP contribution in [0.2, 0.25) is 0 Å². The van der Waals surface area contributed by atoms with Crippen molar-refractivity contribution in [3.63, 3.8) is 0 Å². The highest BCUT2D eigenvalue weighted by molar-refractivity contribution is 5.91. The van der Waals surface area contributed by atoms with Gasteiger partial charge in [-0.1, -0.05) is 30.3 Å². The Hall–Kier alpha value is -1.62. The van der Waals surface area contributed by atoms with Crippen LogP contribution in [0.3, 0.4) is 0 Å². The van der Waals surface area contributed by atoms with Gasteiger partial charge in [0.05, 0.1) is 20.3 Å². The highest BCUT2D eigenvalue weighted by atomic mass is 16.5. The van der Waals surface area contributed by atoms with Gasteiger partial charge < -0.3 is 9.47 Å². The molecule has 0 radical (unpaired) electrons. The Kier molecular flexibility index (Phi) is 4.35. The van der Waals surface area contributed by atoms with Crippen molar-refractivity contribution in [3.05, 3.63) is 42.0 Å². The summed E-state index contributed by atoms with van der Waals surface area (Å²) in [4.78, 5) is 5.36. The monoisotopic (exact) mass is 352 g/mol. The SMILES string of the molecule is COc1ccc(CN2CCN3[C@@H](COC[C@@H]3C3CC3)C2)c2ccccc12. The van der Waals surface area contributed by atoms with Gasteiger partial charge in [-0.05, 0) is 35.8 Å². The summed E-state index contributed by atoms with van der Waals surface area (Å²) < 4.78 is 11.5. The van der Waals surface area contributed by atoms with E-state index in [-0.39, 0.29) is 0 Å². The van der Waals surface area contributed by atoms with Crippen LogP contribution in [0.1, 0.15) is 18.4 Å². The molecule has 0 amide bonds. The van der Waals surface area contributed by atoms with Gasteiger partial charge in [-0.2, -0.15) is 0 Å². The molecule has 1 saturated carbocycles. The second-order valence-corrected chi connectivity index (χ2v) is 8.04. The highest BCUT2D eigenvalue weighted by Crippen LogP contribution is 2.38. The molecule has 2 saturated heterocycles. The molecule has 2 aliphatic heterocycles. The largest absolute Gasteiger partial charge is 0.496 e. The van der Waals surface area contributed by atoms with Gasteiger partial charge in [0.15, 0.2) is 0 Å². The van der Waals surface area contributed by atoms with E-state index in [2.05, 4.69) is 46.2 Å². The zero-order valence-electron chi connectivity index (χ0n) is 15.6. The lowest BCUT2D eigenvalue weighted by molar-refractivity contribution is -0.0879.